The lowest BCUT2D eigenvalue weighted by molar-refractivity contribution is -0.116. The standard InChI is InChI=1S/C23H23NO2S/c1-2-3-13-26-18-11-9-17(10-12-18)19-14-21(25)24-22-20(15-27-23(19)22)16-7-5-4-6-8-16/h4-12,15,19H,2-3,13-14H2,1H3,(H,24,25)/t19-/m1/s1. The van der Waals surface area contributed by atoms with Crippen LogP contribution in [0.15, 0.2) is 60.0 Å². The molecular formula is C23H23NO2S. The SMILES string of the molecule is CCCCOc1ccc([C@H]2CC(=O)Nc3c(-c4ccccc4)csc32)cc1. The molecule has 4 heteroatoms. The summed E-state index contributed by atoms with van der Waals surface area (Å²) in [6.07, 6.45) is 2.67. The van der Waals surface area contributed by atoms with E-state index in [0.717, 1.165) is 47.6 Å². The van der Waals surface area contributed by atoms with Crippen LogP contribution in [-0.4, -0.2) is 12.5 Å². The van der Waals surface area contributed by atoms with Gasteiger partial charge in [0.1, 0.15) is 5.75 Å². The smallest absolute Gasteiger partial charge is 0.225 e. The molecule has 0 radical (unpaired) electrons. The zero-order chi connectivity index (χ0) is 18.6. The zero-order valence-corrected chi connectivity index (χ0v) is 16.2. The Hall–Kier alpha value is -2.59. The molecular weight excluding hydrogens is 354 g/mol. The second-order valence-electron chi connectivity index (χ2n) is 6.83. The number of hydrogen-bond acceptors (Lipinski definition) is 3. The number of amides is 1. The van der Waals surface area contributed by atoms with Gasteiger partial charge in [0.05, 0.1) is 12.3 Å². The highest BCUT2D eigenvalue weighted by molar-refractivity contribution is 7.11. The quantitative estimate of drug-likeness (QED) is 0.530. The molecule has 0 aliphatic carbocycles. The topological polar surface area (TPSA) is 38.3 Å². The second-order valence-corrected chi connectivity index (χ2v) is 7.74. The molecule has 2 aromatic carbocycles. The van der Waals surface area contributed by atoms with Gasteiger partial charge in [-0.1, -0.05) is 55.8 Å². The lowest BCUT2D eigenvalue weighted by Crippen LogP contribution is -2.22. The van der Waals surface area contributed by atoms with Crippen LogP contribution in [0, 0.1) is 0 Å². The van der Waals surface area contributed by atoms with Gasteiger partial charge in [-0.2, -0.15) is 0 Å². The van der Waals surface area contributed by atoms with Crippen LogP contribution >= 0.6 is 11.3 Å². The summed E-state index contributed by atoms with van der Waals surface area (Å²) < 4.78 is 5.76. The Balaban J connectivity index is 1.62. The first kappa shape index (κ1) is 17.8. The van der Waals surface area contributed by atoms with Gasteiger partial charge >= 0.3 is 0 Å². The number of anilines is 1. The van der Waals surface area contributed by atoms with Crippen molar-refractivity contribution in [1.82, 2.24) is 0 Å². The van der Waals surface area contributed by atoms with Gasteiger partial charge in [0.2, 0.25) is 5.91 Å². The van der Waals surface area contributed by atoms with Gasteiger partial charge in [-0.15, -0.1) is 11.3 Å². The lowest BCUT2D eigenvalue weighted by atomic mass is 9.89. The van der Waals surface area contributed by atoms with Gasteiger partial charge in [0.15, 0.2) is 0 Å². The number of benzene rings is 2. The molecule has 1 aliphatic heterocycles. The summed E-state index contributed by atoms with van der Waals surface area (Å²) in [6, 6.07) is 18.4. The maximum absolute atomic E-state index is 12.4. The van der Waals surface area contributed by atoms with E-state index >= 15 is 0 Å². The molecule has 0 spiro atoms. The van der Waals surface area contributed by atoms with Crippen molar-refractivity contribution >= 4 is 22.9 Å². The Kier molecular flexibility index (Phi) is 5.26. The number of nitrogens with one attached hydrogen (secondary N) is 1. The predicted octanol–water partition coefficient (Wildman–Crippen LogP) is 6.07. The molecule has 4 rings (SSSR count). The van der Waals surface area contributed by atoms with Crippen LogP contribution in [0.1, 0.15) is 42.5 Å². The van der Waals surface area contributed by atoms with E-state index in [2.05, 4.69) is 41.9 Å². The highest BCUT2D eigenvalue weighted by atomic mass is 32.1. The Morgan fingerprint density at radius 1 is 1.11 bits per heavy atom. The third kappa shape index (κ3) is 3.76. The Labute approximate surface area is 164 Å². The van der Waals surface area contributed by atoms with E-state index in [1.807, 2.05) is 30.3 Å². The van der Waals surface area contributed by atoms with Crippen LogP contribution in [-0.2, 0) is 4.79 Å². The maximum Gasteiger partial charge on any atom is 0.225 e. The molecule has 1 aromatic heterocycles. The van der Waals surface area contributed by atoms with E-state index in [0.29, 0.717) is 6.42 Å². The van der Waals surface area contributed by atoms with Gasteiger partial charge in [0.25, 0.3) is 0 Å². The zero-order valence-electron chi connectivity index (χ0n) is 15.4. The summed E-state index contributed by atoms with van der Waals surface area (Å²) in [5, 5.41) is 5.25. The van der Waals surface area contributed by atoms with E-state index in [1.54, 1.807) is 11.3 Å². The molecule has 3 nitrogen and oxygen atoms in total. The molecule has 1 aliphatic rings. The minimum atomic E-state index is 0.0753. The van der Waals surface area contributed by atoms with Crippen LogP contribution in [0.25, 0.3) is 11.1 Å². The van der Waals surface area contributed by atoms with Crippen molar-refractivity contribution in [2.75, 3.05) is 11.9 Å². The summed E-state index contributed by atoms with van der Waals surface area (Å²) in [5.41, 5.74) is 4.37. The third-order valence-electron chi connectivity index (χ3n) is 4.92. The molecule has 3 aromatic rings. The average molecular weight is 378 g/mol. The first-order valence-corrected chi connectivity index (χ1v) is 10.3. The first-order valence-electron chi connectivity index (χ1n) is 9.45. The molecule has 0 bridgehead atoms. The van der Waals surface area contributed by atoms with Crippen molar-refractivity contribution in [3.63, 3.8) is 0 Å². The molecule has 1 N–H and O–H groups in total. The fourth-order valence-electron chi connectivity index (χ4n) is 3.46. The number of thiophene rings is 1. The van der Waals surface area contributed by atoms with Crippen LogP contribution < -0.4 is 10.1 Å². The minimum Gasteiger partial charge on any atom is -0.494 e. The first-order chi connectivity index (χ1) is 13.3. The minimum absolute atomic E-state index is 0.0753. The number of carbonyl (C=O) groups excluding carboxylic acids is 1. The Morgan fingerprint density at radius 3 is 2.63 bits per heavy atom. The number of carbonyl (C=O) groups is 1. The van der Waals surface area contributed by atoms with Crippen LogP contribution in [0.5, 0.6) is 5.75 Å². The largest absolute Gasteiger partial charge is 0.494 e. The normalized spacial score (nSPS) is 15.9. The Morgan fingerprint density at radius 2 is 1.89 bits per heavy atom. The molecule has 0 saturated heterocycles. The van der Waals surface area contributed by atoms with Crippen molar-refractivity contribution in [3.8, 4) is 16.9 Å². The number of ether oxygens (including phenoxy) is 1. The number of unbranched alkanes of at least 4 members (excludes halogenated alkanes) is 1. The molecule has 1 atom stereocenters. The summed E-state index contributed by atoms with van der Waals surface area (Å²) in [5.74, 6) is 1.07. The molecule has 0 unspecified atom stereocenters. The maximum atomic E-state index is 12.4. The van der Waals surface area contributed by atoms with Crippen LogP contribution in [0.3, 0.4) is 0 Å². The van der Waals surface area contributed by atoms with E-state index in [-0.39, 0.29) is 11.8 Å². The lowest BCUT2D eigenvalue weighted by Gasteiger charge is -2.24. The van der Waals surface area contributed by atoms with Crippen LogP contribution in [0.4, 0.5) is 5.69 Å². The monoisotopic (exact) mass is 377 g/mol. The molecule has 0 fully saturated rings. The van der Waals surface area contributed by atoms with Gasteiger partial charge in [-0.3, -0.25) is 4.79 Å². The highest BCUT2D eigenvalue weighted by Crippen LogP contribution is 2.46. The molecule has 138 valence electrons. The number of fused-ring (bicyclic) bond motifs is 1. The van der Waals surface area contributed by atoms with Crippen molar-refractivity contribution in [2.45, 2.75) is 32.1 Å². The molecule has 2 heterocycles. The van der Waals surface area contributed by atoms with Gasteiger partial charge in [-0.05, 0) is 29.7 Å². The molecule has 1 amide bonds. The predicted molar refractivity (Wildman–Crippen MR) is 112 cm³/mol. The van der Waals surface area contributed by atoms with Gasteiger partial charge < -0.3 is 10.1 Å². The van der Waals surface area contributed by atoms with Crippen molar-refractivity contribution in [1.29, 1.82) is 0 Å². The fraction of sp³-hybridized carbons (Fsp3) is 0.261. The highest BCUT2D eigenvalue weighted by Gasteiger charge is 2.30. The summed E-state index contributed by atoms with van der Waals surface area (Å²) in [4.78, 5) is 13.6. The van der Waals surface area contributed by atoms with Crippen molar-refractivity contribution < 1.29 is 9.53 Å². The Bertz CT molecular complexity index is 915. The molecule has 27 heavy (non-hydrogen) atoms. The third-order valence-corrected chi connectivity index (χ3v) is 6.02. The van der Waals surface area contributed by atoms with Gasteiger partial charge in [-0.25, -0.2) is 0 Å². The summed E-state index contributed by atoms with van der Waals surface area (Å²) in [7, 11) is 0. The second kappa shape index (κ2) is 7.97. The van der Waals surface area contributed by atoms with E-state index < -0.39 is 0 Å². The van der Waals surface area contributed by atoms with E-state index in [9.17, 15) is 4.79 Å². The van der Waals surface area contributed by atoms with Crippen molar-refractivity contribution in [2.24, 2.45) is 0 Å². The van der Waals surface area contributed by atoms with Crippen LogP contribution in [0.2, 0.25) is 0 Å². The number of hydrogen-bond donors (Lipinski definition) is 1. The van der Waals surface area contributed by atoms with E-state index in [4.69, 9.17) is 4.74 Å². The molecule has 0 saturated carbocycles. The fourth-order valence-corrected chi connectivity index (χ4v) is 4.62. The average Bonchev–Trinajstić information content (AvgIpc) is 3.12. The summed E-state index contributed by atoms with van der Waals surface area (Å²) in [6.45, 7) is 2.90. The number of rotatable bonds is 6. The van der Waals surface area contributed by atoms with Gasteiger partial charge in [0, 0.05) is 28.2 Å². The van der Waals surface area contributed by atoms with Crippen molar-refractivity contribution in [3.05, 3.63) is 70.4 Å². The van der Waals surface area contributed by atoms with E-state index in [1.165, 1.54) is 4.88 Å². The summed E-state index contributed by atoms with van der Waals surface area (Å²) >= 11 is 1.73.